The number of benzene rings is 3. The highest BCUT2D eigenvalue weighted by Gasteiger charge is 2.42. The summed E-state index contributed by atoms with van der Waals surface area (Å²) >= 11 is 0. The van der Waals surface area contributed by atoms with Crippen LogP contribution >= 0.6 is 0 Å². The van der Waals surface area contributed by atoms with Crippen LogP contribution in [-0.2, 0) is 0 Å². The second-order valence-corrected chi connectivity index (χ2v) is 9.19. The van der Waals surface area contributed by atoms with Crippen LogP contribution in [0.2, 0.25) is 0 Å². The average molecular weight is 436 g/mol. The number of fused-ring (bicyclic) bond motifs is 7. The Balaban J connectivity index is 1.48. The van der Waals surface area contributed by atoms with Gasteiger partial charge in [-0.3, -0.25) is 14.6 Å². The highest BCUT2D eigenvalue weighted by atomic mass is 16.1. The van der Waals surface area contributed by atoms with Gasteiger partial charge in [-0.15, -0.1) is 0 Å². The Morgan fingerprint density at radius 1 is 0.794 bits per heavy atom. The molecule has 0 N–H and O–H groups in total. The molecule has 2 atom stereocenters. The molecule has 4 aliphatic carbocycles. The van der Waals surface area contributed by atoms with Crippen LogP contribution < -0.4 is 21.2 Å². The summed E-state index contributed by atoms with van der Waals surface area (Å²) in [4.78, 5) is 37.1. The monoisotopic (exact) mass is 436 g/mol. The molecule has 34 heavy (non-hydrogen) atoms. The molecule has 0 spiro atoms. The molecule has 3 aromatic rings. The van der Waals surface area contributed by atoms with Gasteiger partial charge in [0, 0.05) is 22.6 Å². The predicted octanol–water partition coefficient (Wildman–Crippen LogP) is 2.11. The molecule has 0 aromatic heterocycles. The number of nitrogens with zero attached hydrogens (tertiary/aromatic N) is 2. The number of hydrogen-bond acceptors (Lipinski definition) is 4. The zero-order valence-electron chi connectivity index (χ0n) is 17.9. The zero-order chi connectivity index (χ0) is 22.6. The van der Waals surface area contributed by atoms with Crippen LogP contribution in [0.15, 0.2) is 106 Å². The first-order valence-corrected chi connectivity index (χ1v) is 11.4. The van der Waals surface area contributed by atoms with Crippen LogP contribution in [-0.4, -0.2) is 17.6 Å². The highest BCUT2D eigenvalue weighted by Crippen LogP contribution is 2.47. The van der Waals surface area contributed by atoms with Crippen LogP contribution in [0.3, 0.4) is 0 Å². The second-order valence-electron chi connectivity index (χ2n) is 9.19. The lowest BCUT2D eigenvalue weighted by Gasteiger charge is -2.24. The zero-order valence-corrected chi connectivity index (χ0v) is 17.9. The van der Waals surface area contributed by atoms with Gasteiger partial charge in [0.15, 0.2) is 11.6 Å². The smallest absolute Gasteiger partial charge is 0.196 e. The average Bonchev–Trinajstić information content (AvgIpc) is 3.20. The molecular weight excluding hydrogens is 420 g/mol. The van der Waals surface area contributed by atoms with Crippen molar-refractivity contribution in [3.8, 4) is 0 Å². The maximum atomic E-state index is 13.6. The number of hydrogen-bond donors (Lipinski definition) is 0. The normalized spacial score (nSPS) is 22.2. The molecule has 2 unspecified atom stereocenters. The largest absolute Gasteiger partial charge is 0.289 e. The van der Waals surface area contributed by atoms with E-state index in [1.54, 1.807) is 30.3 Å². The van der Waals surface area contributed by atoms with Crippen LogP contribution in [0, 0.1) is 5.92 Å². The number of allylic oxidation sites excluding steroid dienone is 5. The first kappa shape index (κ1) is 18.0. The van der Waals surface area contributed by atoms with Crippen molar-refractivity contribution in [3.05, 3.63) is 139 Å². The highest BCUT2D eigenvalue weighted by molar-refractivity contribution is 6.28. The summed E-state index contributed by atoms with van der Waals surface area (Å²) in [6.07, 6.45) is 8.63. The standard InChI is InChI=1S/C30H16N2O2/c33-29-18-9-3-4-10-19(18)30(34)25-21(29)12-13-22-27(25)32-28-24-17-8-2-1-6-15(17)14-16-7-5-11-20(23(16)24)26(28)31-22/h1-14,23,28H. The summed E-state index contributed by atoms with van der Waals surface area (Å²) in [6, 6.07) is 18.7. The summed E-state index contributed by atoms with van der Waals surface area (Å²) in [5.41, 5.74) is 6.24. The fourth-order valence-electron chi connectivity index (χ4n) is 6.07. The van der Waals surface area contributed by atoms with Crippen molar-refractivity contribution in [2.24, 2.45) is 15.9 Å². The summed E-state index contributed by atoms with van der Waals surface area (Å²) < 4.78 is 0. The Kier molecular flexibility index (Phi) is 3.24. The van der Waals surface area contributed by atoms with Gasteiger partial charge in [-0.2, -0.15) is 0 Å². The molecule has 4 heteroatoms. The van der Waals surface area contributed by atoms with Gasteiger partial charge in [-0.05, 0) is 39.3 Å². The van der Waals surface area contributed by atoms with E-state index in [0.717, 1.165) is 5.70 Å². The second kappa shape index (κ2) is 6.12. The lowest BCUT2D eigenvalue weighted by atomic mass is 9.80. The van der Waals surface area contributed by atoms with Crippen LogP contribution in [0.25, 0.3) is 11.6 Å². The fraction of sp³-hybridized carbons (Fsp3) is 0.0667. The third-order valence-electron chi connectivity index (χ3n) is 7.51. The van der Waals surface area contributed by atoms with Crippen molar-refractivity contribution in [3.63, 3.8) is 0 Å². The lowest BCUT2D eigenvalue weighted by Crippen LogP contribution is -2.42. The van der Waals surface area contributed by atoms with Crippen LogP contribution in [0.4, 0.5) is 0 Å². The summed E-state index contributed by atoms with van der Waals surface area (Å²) in [6.45, 7) is 0. The Labute approximate surface area is 194 Å². The number of carbonyl (C=O) groups is 2. The van der Waals surface area contributed by atoms with Gasteiger partial charge in [-0.1, -0.05) is 72.8 Å². The van der Waals surface area contributed by atoms with E-state index in [1.165, 1.54) is 27.2 Å². The molecule has 5 aliphatic rings. The van der Waals surface area contributed by atoms with E-state index in [1.807, 2.05) is 6.07 Å². The van der Waals surface area contributed by atoms with E-state index in [9.17, 15) is 9.59 Å². The topological polar surface area (TPSA) is 58.9 Å². The maximum Gasteiger partial charge on any atom is 0.196 e. The van der Waals surface area contributed by atoms with Crippen molar-refractivity contribution in [1.29, 1.82) is 0 Å². The minimum absolute atomic E-state index is 0.121. The van der Waals surface area contributed by atoms with Crippen molar-refractivity contribution >= 4 is 23.2 Å². The van der Waals surface area contributed by atoms with Crippen molar-refractivity contribution in [1.82, 2.24) is 0 Å². The van der Waals surface area contributed by atoms with Crippen molar-refractivity contribution in [2.45, 2.75) is 6.04 Å². The van der Waals surface area contributed by atoms with E-state index in [4.69, 9.17) is 9.98 Å². The molecule has 0 bridgehead atoms. The molecule has 1 heterocycles. The van der Waals surface area contributed by atoms with E-state index in [-0.39, 0.29) is 23.5 Å². The Morgan fingerprint density at radius 3 is 2.47 bits per heavy atom. The van der Waals surface area contributed by atoms with Gasteiger partial charge in [-0.25, -0.2) is 4.99 Å². The molecule has 0 radical (unpaired) electrons. The molecule has 0 saturated heterocycles. The number of rotatable bonds is 0. The van der Waals surface area contributed by atoms with Crippen molar-refractivity contribution in [2.75, 3.05) is 0 Å². The number of carbonyl (C=O) groups excluding carboxylic acids is 2. The van der Waals surface area contributed by atoms with Gasteiger partial charge >= 0.3 is 0 Å². The minimum Gasteiger partial charge on any atom is -0.289 e. The fourth-order valence-corrected chi connectivity index (χ4v) is 6.07. The molecule has 0 saturated carbocycles. The molecular formula is C30H16N2O2. The molecule has 158 valence electrons. The van der Waals surface area contributed by atoms with Gasteiger partial charge in [0.1, 0.15) is 6.04 Å². The van der Waals surface area contributed by atoms with Crippen molar-refractivity contribution < 1.29 is 9.59 Å². The molecule has 0 fully saturated rings. The Hall–Kier alpha value is -4.44. The van der Waals surface area contributed by atoms with Gasteiger partial charge in [0.05, 0.1) is 22.0 Å². The summed E-state index contributed by atoms with van der Waals surface area (Å²) in [7, 11) is 0. The first-order valence-electron chi connectivity index (χ1n) is 11.4. The number of ketones is 2. The Morgan fingerprint density at radius 2 is 1.59 bits per heavy atom. The lowest BCUT2D eigenvalue weighted by molar-refractivity contribution is 0.0978. The molecule has 3 aromatic carbocycles. The minimum atomic E-state index is -0.278. The maximum absolute atomic E-state index is 13.6. The molecule has 8 rings (SSSR count). The van der Waals surface area contributed by atoms with E-state index < -0.39 is 0 Å². The van der Waals surface area contributed by atoms with Crippen LogP contribution in [0.5, 0.6) is 0 Å². The molecule has 1 aliphatic heterocycles. The molecule has 0 amide bonds. The SMILES string of the molecule is O=C1c2ccccc2C(=O)c2c1ccc1c2=NC2C(=C3C=CC=C4C=c5ccccc5=C2C43)N=1. The van der Waals surface area contributed by atoms with E-state index >= 15 is 0 Å². The predicted molar refractivity (Wildman–Crippen MR) is 127 cm³/mol. The third kappa shape index (κ3) is 2.09. The van der Waals surface area contributed by atoms with Crippen LogP contribution in [0.1, 0.15) is 31.8 Å². The van der Waals surface area contributed by atoms with E-state index in [0.29, 0.717) is 33.0 Å². The van der Waals surface area contributed by atoms with Gasteiger partial charge in [0.25, 0.3) is 0 Å². The third-order valence-corrected chi connectivity index (χ3v) is 7.51. The molecule has 4 nitrogen and oxygen atoms in total. The first-order chi connectivity index (χ1) is 16.7. The van der Waals surface area contributed by atoms with Gasteiger partial charge < -0.3 is 0 Å². The Bertz CT molecular complexity index is 1900. The van der Waals surface area contributed by atoms with E-state index in [2.05, 4.69) is 48.6 Å². The summed E-state index contributed by atoms with van der Waals surface area (Å²) in [5, 5.41) is 3.54. The summed E-state index contributed by atoms with van der Waals surface area (Å²) in [5.74, 6) is -0.170. The quantitative estimate of drug-likeness (QED) is 0.424. The van der Waals surface area contributed by atoms with Gasteiger partial charge in [0.2, 0.25) is 0 Å².